The Hall–Kier alpha value is -1.40. The zero-order valence-corrected chi connectivity index (χ0v) is 9.18. The SMILES string of the molecule is Nc1c(Cl)ncnc1N1CC(CO)CC1=O. The third-order valence-electron chi connectivity index (χ3n) is 2.53. The summed E-state index contributed by atoms with van der Waals surface area (Å²) in [7, 11) is 0. The van der Waals surface area contributed by atoms with Gasteiger partial charge in [-0.1, -0.05) is 11.6 Å². The monoisotopic (exact) mass is 242 g/mol. The van der Waals surface area contributed by atoms with Crippen LogP contribution in [0, 0.1) is 5.92 Å². The van der Waals surface area contributed by atoms with Gasteiger partial charge in [-0.25, -0.2) is 9.97 Å². The van der Waals surface area contributed by atoms with Crippen LogP contribution in [0.15, 0.2) is 6.33 Å². The van der Waals surface area contributed by atoms with Crippen LogP contribution in [0.3, 0.4) is 0 Å². The molecule has 1 aliphatic heterocycles. The number of aliphatic hydroxyl groups excluding tert-OH is 1. The molecule has 1 fully saturated rings. The van der Waals surface area contributed by atoms with Crippen molar-refractivity contribution in [2.24, 2.45) is 5.92 Å². The molecule has 1 aliphatic rings. The van der Waals surface area contributed by atoms with E-state index in [4.69, 9.17) is 22.4 Å². The smallest absolute Gasteiger partial charge is 0.228 e. The van der Waals surface area contributed by atoms with Gasteiger partial charge in [0.05, 0.1) is 0 Å². The van der Waals surface area contributed by atoms with Crippen LogP contribution in [-0.2, 0) is 4.79 Å². The minimum atomic E-state index is -0.111. The molecular weight excluding hydrogens is 232 g/mol. The number of carbonyl (C=O) groups is 1. The first kappa shape index (κ1) is 11.1. The van der Waals surface area contributed by atoms with Crippen LogP contribution in [0.1, 0.15) is 6.42 Å². The van der Waals surface area contributed by atoms with Gasteiger partial charge in [0.2, 0.25) is 5.91 Å². The van der Waals surface area contributed by atoms with Crippen molar-refractivity contribution < 1.29 is 9.90 Å². The third-order valence-corrected chi connectivity index (χ3v) is 2.83. The highest BCUT2D eigenvalue weighted by Crippen LogP contribution is 2.30. The quantitative estimate of drug-likeness (QED) is 0.716. The maximum atomic E-state index is 11.7. The van der Waals surface area contributed by atoms with Gasteiger partial charge in [-0.05, 0) is 0 Å². The average Bonchev–Trinajstić information content (AvgIpc) is 2.64. The highest BCUT2D eigenvalue weighted by Gasteiger charge is 2.32. The maximum Gasteiger partial charge on any atom is 0.228 e. The summed E-state index contributed by atoms with van der Waals surface area (Å²) < 4.78 is 0. The summed E-state index contributed by atoms with van der Waals surface area (Å²) in [6, 6.07) is 0. The molecule has 1 aromatic heterocycles. The van der Waals surface area contributed by atoms with Crippen molar-refractivity contribution in [1.29, 1.82) is 0 Å². The Balaban J connectivity index is 2.31. The van der Waals surface area contributed by atoms with Crippen LogP contribution in [0.25, 0.3) is 0 Å². The fourth-order valence-corrected chi connectivity index (χ4v) is 1.82. The van der Waals surface area contributed by atoms with Crippen LogP contribution in [0.2, 0.25) is 5.15 Å². The number of carbonyl (C=O) groups excluding carboxylic acids is 1. The van der Waals surface area contributed by atoms with Crippen molar-refractivity contribution in [2.75, 3.05) is 23.8 Å². The average molecular weight is 243 g/mol. The van der Waals surface area contributed by atoms with E-state index in [2.05, 4.69) is 9.97 Å². The van der Waals surface area contributed by atoms with Gasteiger partial charge in [-0.2, -0.15) is 0 Å². The number of anilines is 2. The van der Waals surface area contributed by atoms with Gasteiger partial charge < -0.3 is 10.8 Å². The molecule has 1 unspecified atom stereocenters. The van der Waals surface area contributed by atoms with Gasteiger partial charge in [-0.3, -0.25) is 9.69 Å². The first-order valence-corrected chi connectivity index (χ1v) is 5.18. The van der Waals surface area contributed by atoms with Crippen molar-refractivity contribution in [3.05, 3.63) is 11.5 Å². The number of nitrogens with two attached hydrogens (primary N) is 1. The normalized spacial score (nSPS) is 20.5. The van der Waals surface area contributed by atoms with E-state index in [1.165, 1.54) is 11.2 Å². The van der Waals surface area contributed by atoms with Gasteiger partial charge in [-0.15, -0.1) is 0 Å². The lowest BCUT2D eigenvalue weighted by atomic mass is 10.1. The molecule has 1 atom stereocenters. The first-order chi connectivity index (χ1) is 7.63. The summed E-state index contributed by atoms with van der Waals surface area (Å²) in [6.07, 6.45) is 1.56. The lowest BCUT2D eigenvalue weighted by Crippen LogP contribution is -2.27. The van der Waals surface area contributed by atoms with Crippen LogP contribution in [0.5, 0.6) is 0 Å². The molecule has 7 heteroatoms. The fourth-order valence-electron chi connectivity index (χ4n) is 1.69. The van der Waals surface area contributed by atoms with Crippen molar-refractivity contribution in [2.45, 2.75) is 6.42 Å². The predicted molar refractivity (Wildman–Crippen MR) is 59.0 cm³/mol. The zero-order chi connectivity index (χ0) is 11.7. The van der Waals surface area contributed by atoms with Crippen molar-refractivity contribution in [3.8, 4) is 0 Å². The Kier molecular flexibility index (Phi) is 2.93. The van der Waals surface area contributed by atoms with E-state index in [9.17, 15) is 4.79 Å². The molecule has 0 radical (unpaired) electrons. The van der Waals surface area contributed by atoms with Crippen LogP contribution >= 0.6 is 11.6 Å². The molecule has 0 aromatic carbocycles. The highest BCUT2D eigenvalue weighted by atomic mass is 35.5. The Morgan fingerprint density at radius 3 is 3.00 bits per heavy atom. The molecule has 1 aromatic rings. The van der Waals surface area contributed by atoms with E-state index in [0.717, 1.165) is 0 Å². The number of amides is 1. The largest absolute Gasteiger partial charge is 0.396 e. The number of nitrogen functional groups attached to an aromatic ring is 1. The van der Waals surface area contributed by atoms with Crippen molar-refractivity contribution in [3.63, 3.8) is 0 Å². The van der Waals surface area contributed by atoms with Crippen molar-refractivity contribution in [1.82, 2.24) is 9.97 Å². The van der Waals surface area contributed by atoms with Crippen LogP contribution in [-0.4, -0.2) is 34.1 Å². The third kappa shape index (κ3) is 1.81. The number of rotatable bonds is 2. The number of hydrogen-bond acceptors (Lipinski definition) is 5. The molecule has 0 bridgehead atoms. The molecule has 2 heterocycles. The number of halogens is 1. The molecule has 16 heavy (non-hydrogen) atoms. The molecule has 3 N–H and O–H groups in total. The van der Waals surface area contributed by atoms with Gasteiger partial charge in [0.25, 0.3) is 0 Å². The second-order valence-corrected chi connectivity index (χ2v) is 4.02. The Morgan fingerprint density at radius 1 is 1.62 bits per heavy atom. The van der Waals surface area contributed by atoms with E-state index in [1.54, 1.807) is 0 Å². The molecule has 0 spiro atoms. The molecule has 6 nitrogen and oxygen atoms in total. The number of aromatic nitrogens is 2. The molecular formula is C9H11ClN4O2. The molecule has 86 valence electrons. The van der Waals surface area contributed by atoms with E-state index in [-0.39, 0.29) is 29.3 Å². The predicted octanol–water partition coefficient (Wildman–Crippen LogP) is 0.0574. The molecule has 0 aliphatic carbocycles. The molecule has 0 saturated carbocycles. The summed E-state index contributed by atoms with van der Waals surface area (Å²) in [5, 5.41) is 9.13. The lowest BCUT2D eigenvalue weighted by molar-refractivity contribution is -0.117. The Labute approximate surface area is 97.0 Å². The van der Waals surface area contributed by atoms with Gasteiger partial charge in [0.15, 0.2) is 11.0 Å². The zero-order valence-electron chi connectivity index (χ0n) is 8.43. The number of hydrogen-bond donors (Lipinski definition) is 2. The van der Waals surface area contributed by atoms with Gasteiger partial charge in [0, 0.05) is 25.5 Å². The van der Waals surface area contributed by atoms with Gasteiger partial charge >= 0.3 is 0 Å². The van der Waals surface area contributed by atoms with Crippen LogP contribution < -0.4 is 10.6 Å². The highest BCUT2D eigenvalue weighted by molar-refractivity contribution is 6.32. The minimum Gasteiger partial charge on any atom is -0.396 e. The van der Waals surface area contributed by atoms with E-state index in [1.807, 2.05) is 0 Å². The lowest BCUT2D eigenvalue weighted by Gasteiger charge is -2.16. The standard InChI is InChI=1S/C9H11ClN4O2/c10-8-7(11)9(13-4-12-8)14-2-5(3-15)1-6(14)16/h4-5,15H,1-3,11H2. The van der Waals surface area contributed by atoms with Crippen molar-refractivity contribution >= 4 is 29.0 Å². The molecule has 1 amide bonds. The van der Waals surface area contributed by atoms with E-state index >= 15 is 0 Å². The summed E-state index contributed by atoms with van der Waals surface area (Å²) in [4.78, 5) is 20.8. The summed E-state index contributed by atoms with van der Waals surface area (Å²) in [5.41, 5.74) is 5.89. The van der Waals surface area contributed by atoms with E-state index in [0.29, 0.717) is 18.8 Å². The first-order valence-electron chi connectivity index (χ1n) is 4.80. The topological polar surface area (TPSA) is 92.3 Å². The second kappa shape index (κ2) is 4.23. The number of nitrogens with zero attached hydrogens (tertiary/aromatic N) is 3. The van der Waals surface area contributed by atoms with Gasteiger partial charge in [0.1, 0.15) is 12.0 Å². The summed E-state index contributed by atoms with van der Waals surface area (Å²) >= 11 is 5.75. The summed E-state index contributed by atoms with van der Waals surface area (Å²) in [6.45, 7) is 0.383. The Morgan fingerprint density at radius 2 is 2.38 bits per heavy atom. The number of aliphatic hydroxyl groups is 1. The molecule has 2 rings (SSSR count). The second-order valence-electron chi connectivity index (χ2n) is 3.66. The fraction of sp³-hybridized carbons (Fsp3) is 0.444. The van der Waals surface area contributed by atoms with Crippen LogP contribution in [0.4, 0.5) is 11.5 Å². The van der Waals surface area contributed by atoms with E-state index < -0.39 is 0 Å². The Bertz CT molecular complexity index is 426. The summed E-state index contributed by atoms with van der Waals surface area (Å²) in [5.74, 6) is 0.141. The minimum absolute atomic E-state index is 0.0268. The molecule has 1 saturated heterocycles. The maximum absolute atomic E-state index is 11.7.